The number of amides is 2. The second-order valence-electron chi connectivity index (χ2n) is 7.89. The van der Waals surface area contributed by atoms with Gasteiger partial charge in [-0.1, -0.05) is 24.3 Å². The Labute approximate surface area is 172 Å². The minimum atomic E-state index is -0.148. The Balaban J connectivity index is 0.00000225. The van der Waals surface area contributed by atoms with Gasteiger partial charge in [-0.3, -0.25) is 9.59 Å². The molecule has 3 aliphatic heterocycles. The summed E-state index contributed by atoms with van der Waals surface area (Å²) in [6.45, 7) is 3.49. The second kappa shape index (κ2) is 9.72. The summed E-state index contributed by atoms with van der Waals surface area (Å²) in [7, 11) is 0. The molecular formula is C21H30ClN3O3. The number of benzene rings is 1. The molecule has 3 heterocycles. The van der Waals surface area contributed by atoms with Gasteiger partial charge in [0, 0.05) is 38.7 Å². The minimum absolute atomic E-state index is 0. The Morgan fingerprint density at radius 1 is 1.14 bits per heavy atom. The highest BCUT2D eigenvalue weighted by molar-refractivity contribution is 5.85. The van der Waals surface area contributed by atoms with Gasteiger partial charge in [0.1, 0.15) is 0 Å². The number of rotatable bonds is 4. The molecular weight excluding hydrogens is 378 g/mol. The highest BCUT2D eigenvalue weighted by atomic mass is 35.5. The van der Waals surface area contributed by atoms with Crippen molar-refractivity contribution >= 4 is 24.2 Å². The topological polar surface area (TPSA) is 70.7 Å². The molecule has 7 heteroatoms. The van der Waals surface area contributed by atoms with Gasteiger partial charge in [-0.2, -0.15) is 0 Å². The lowest BCUT2D eigenvalue weighted by Crippen LogP contribution is -2.52. The van der Waals surface area contributed by atoms with Gasteiger partial charge in [-0.15, -0.1) is 12.4 Å². The number of hydrogen-bond acceptors (Lipinski definition) is 4. The SMILES string of the molecule is Cl.O=C(NCC1CCCO1)C1CCN(C(=O)[C@@H]2Cc3ccccc3CN2)CC1. The van der Waals surface area contributed by atoms with E-state index < -0.39 is 0 Å². The first-order valence-corrected chi connectivity index (χ1v) is 10.2. The van der Waals surface area contributed by atoms with Crippen molar-refractivity contribution in [2.75, 3.05) is 26.2 Å². The van der Waals surface area contributed by atoms with Crippen LogP contribution in [0.15, 0.2) is 24.3 Å². The maximum absolute atomic E-state index is 12.9. The fourth-order valence-corrected chi connectivity index (χ4v) is 4.38. The molecule has 2 atom stereocenters. The Kier molecular flexibility index (Phi) is 7.32. The zero-order chi connectivity index (χ0) is 18.6. The molecule has 0 bridgehead atoms. The van der Waals surface area contributed by atoms with Crippen LogP contribution in [0.5, 0.6) is 0 Å². The maximum atomic E-state index is 12.9. The summed E-state index contributed by atoms with van der Waals surface area (Å²) >= 11 is 0. The molecule has 4 rings (SSSR count). The molecule has 2 fully saturated rings. The van der Waals surface area contributed by atoms with E-state index in [-0.39, 0.29) is 42.3 Å². The molecule has 0 spiro atoms. The number of halogens is 1. The minimum Gasteiger partial charge on any atom is -0.376 e. The molecule has 1 aromatic rings. The molecule has 28 heavy (non-hydrogen) atoms. The average molecular weight is 408 g/mol. The standard InChI is InChI=1S/C21H29N3O3.ClH/c25-20(23-14-18-6-3-11-27-18)15-7-9-24(10-8-15)21(26)19-12-16-4-1-2-5-17(16)13-22-19;/h1-2,4-5,15,18-19,22H,3,6-14H2,(H,23,25);1H/t18?,19-;/m0./s1. The van der Waals surface area contributed by atoms with E-state index in [0.29, 0.717) is 19.6 Å². The van der Waals surface area contributed by atoms with Crippen LogP contribution in [0, 0.1) is 5.92 Å². The van der Waals surface area contributed by atoms with Gasteiger partial charge in [-0.05, 0) is 43.2 Å². The maximum Gasteiger partial charge on any atom is 0.240 e. The fourth-order valence-electron chi connectivity index (χ4n) is 4.38. The lowest BCUT2D eigenvalue weighted by Gasteiger charge is -2.35. The summed E-state index contributed by atoms with van der Waals surface area (Å²) in [6, 6.07) is 8.15. The van der Waals surface area contributed by atoms with Crippen molar-refractivity contribution in [2.45, 2.75) is 50.8 Å². The zero-order valence-corrected chi connectivity index (χ0v) is 17.0. The van der Waals surface area contributed by atoms with Gasteiger partial charge in [0.15, 0.2) is 0 Å². The van der Waals surface area contributed by atoms with Crippen LogP contribution in [0.4, 0.5) is 0 Å². The van der Waals surface area contributed by atoms with E-state index in [0.717, 1.165) is 45.3 Å². The third-order valence-electron chi connectivity index (χ3n) is 6.08. The van der Waals surface area contributed by atoms with Crippen LogP contribution in [0.25, 0.3) is 0 Å². The van der Waals surface area contributed by atoms with Crippen LogP contribution >= 0.6 is 12.4 Å². The van der Waals surface area contributed by atoms with Gasteiger partial charge in [-0.25, -0.2) is 0 Å². The lowest BCUT2D eigenvalue weighted by atomic mass is 9.92. The van der Waals surface area contributed by atoms with Crippen molar-refractivity contribution < 1.29 is 14.3 Å². The number of likely N-dealkylation sites (tertiary alicyclic amines) is 1. The number of carbonyl (C=O) groups is 2. The largest absolute Gasteiger partial charge is 0.376 e. The van der Waals surface area contributed by atoms with E-state index >= 15 is 0 Å². The van der Waals surface area contributed by atoms with Crippen molar-refractivity contribution in [3.8, 4) is 0 Å². The Bertz CT molecular complexity index is 685. The van der Waals surface area contributed by atoms with Crippen LogP contribution in [-0.4, -0.2) is 55.1 Å². The van der Waals surface area contributed by atoms with Crippen molar-refractivity contribution in [2.24, 2.45) is 5.92 Å². The molecule has 0 saturated carbocycles. The summed E-state index contributed by atoms with van der Waals surface area (Å²) in [5, 5.41) is 6.41. The van der Waals surface area contributed by atoms with E-state index in [2.05, 4.69) is 22.8 Å². The predicted molar refractivity (Wildman–Crippen MR) is 109 cm³/mol. The summed E-state index contributed by atoms with van der Waals surface area (Å²) < 4.78 is 5.56. The molecule has 0 aliphatic carbocycles. The number of fused-ring (bicyclic) bond motifs is 1. The van der Waals surface area contributed by atoms with E-state index in [1.807, 2.05) is 17.0 Å². The Morgan fingerprint density at radius 3 is 2.61 bits per heavy atom. The van der Waals surface area contributed by atoms with Crippen molar-refractivity contribution in [1.82, 2.24) is 15.5 Å². The van der Waals surface area contributed by atoms with E-state index in [4.69, 9.17) is 4.74 Å². The molecule has 0 aromatic heterocycles. The number of nitrogens with zero attached hydrogens (tertiary/aromatic N) is 1. The number of nitrogens with one attached hydrogen (secondary N) is 2. The molecule has 6 nitrogen and oxygen atoms in total. The Morgan fingerprint density at radius 2 is 1.89 bits per heavy atom. The molecule has 2 saturated heterocycles. The first kappa shape index (κ1) is 21.1. The summed E-state index contributed by atoms with van der Waals surface area (Å²) in [5.41, 5.74) is 2.54. The molecule has 1 aromatic carbocycles. The average Bonchev–Trinajstić information content (AvgIpc) is 3.25. The molecule has 154 valence electrons. The van der Waals surface area contributed by atoms with Gasteiger partial charge < -0.3 is 20.3 Å². The molecule has 3 aliphatic rings. The zero-order valence-electron chi connectivity index (χ0n) is 16.2. The number of hydrogen-bond donors (Lipinski definition) is 2. The third kappa shape index (κ3) is 4.85. The monoisotopic (exact) mass is 407 g/mol. The number of carbonyl (C=O) groups excluding carboxylic acids is 2. The van der Waals surface area contributed by atoms with Gasteiger partial charge in [0.25, 0.3) is 0 Å². The van der Waals surface area contributed by atoms with Crippen LogP contribution in [0.3, 0.4) is 0 Å². The third-order valence-corrected chi connectivity index (χ3v) is 6.08. The summed E-state index contributed by atoms with van der Waals surface area (Å²) in [5.74, 6) is 0.292. The fraction of sp³-hybridized carbons (Fsp3) is 0.619. The van der Waals surface area contributed by atoms with Crippen LogP contribution in [-0.2, 0) is 27.3 Å². The second-order valence-corrected chi connectivity index (χ2v) is 7.89. The van der Waals surface area contributed by atoms with Crippen LogP contribution in [0.1, 0.15) is 36.8 Å². The quantitative estimate of drug-likeness (QED) is 0.796. The normalized spacial score (nSPS) is 24.9. The highest BCUT2D eigenvalue weighted by Crippen LogP contribution is 2.22. The lowest BCUT2D eigenvalue weighted by molar-refractivity contribution is -0.137. The summed E-state index contributed by atoms with van der Waals surface area (Å²) in [4.78, 5) is 27.2. The van der Waals surface area contributed by atoms with Gasteiger partial charge >= 0.3 is 0 Å². The van der Waals surface area contributed by atoms with Crippen LogP contribution < -0.4 is 10.6 Å². The number of ether oxygens (including phenoxy) is 1. The highest BCUT2D eigenvalue weighted by Gasteiger charge is 2.32. The number of piperidine rings is 1. The van der Waals surface area contributed by atoms with Crippen LogP contribution in [0.2, 0.25) is 0 Å². The van der Waals surface area contributed by atoms with Crippen molar-refractivity contribution in [3.63, 3.8) is 0 Å². The molecule has 2 amide bonds. The first-order valence-electron chi connectivity index (χ1n) is 10.2. The molecule has 0 radical (unpaired) electrons. The summed E-state index contributed by atoms with van der Waals surface area (Å²) in [6.07, 6.45) is 4.53. The predicted octanol–water partition coefficient (Wildman–Crippen LogP) is 1.66. The van der Waals surface area contributed by atoms with Gasteiger partial charge in [0.2, 0.25) is 11.8 Å². The van der Waals surface area contributed by atoms with Crippen molar-refractivity contribution in [1.29, 1.82) is 0 Å². The smallest absolute Gasteiger partial charge is 0.240 e. The van der Waals surface area contributed by atoms with E-state index in [1.54, 1.807) is 0 Å². The first-order chi connectivity index (χ1) is 13.2. The van der Waals surface area contributed by atoms with Gasteiger partial charge in [0.05, 0.1) is 12.1 Å². The molecule has 2 N–H and O–H groups in total. The van der Waals surface area contributed by atoms with E-state index in [1.165, 1.54) is 11.1 Å². The van der Waals surface area contributed by atoms with Crippen molar-refractivity contribution in [3.05, 3.63) is 35.4 Å². The molecule has 1 unspecified atom stereocenters. The van der Waals surface area contributed by atoms with E-state index in [9.17, 15) is 9.59 Å². The Hall–Kier alpha value is -1.63.